The number of hydrogen-bond acceptors (Lipinski definition) is 5. The fourth-order valence-corrected chi connectivity index (χ4v) is 3.87. The first-order valence-corrected chi connectivity index (χ1v) is 9.09. The summed E-state index contributed by atoms with van der Waals surface area (Å²) in [6, 6.07) is 16.8. The van der Waals surface area contributed by atoms with E-state index in [9.17, 15) is 5.11 Å². The van der Waals surface area contributed by atoms with Crippen molar-refractivity contribution in [2.75, 3.05) is 0 Å². The highest BCUT2D eigenvalue weighted by molar-refractivity contribution is 6.30. The molecule has 2 aliphatic rings. The molecule has 5 rings (SSSR count). The molecule has 3 heterocycles. The summed E-state index contributed by atoms with van der Waals surface area (Å²) in [4.78, 5) is 4.10. The van der Waals surface area contributed by atoms with Gasteiger partial charge in [0.05, 0.1) is 11.8 Å². The maximum absolute atomic E-state index is 10.3. The van der Waals surface area contributed by atoms with Gasteiger partial charge < -0.3 is 9.84 Å². The third kappa shape index (κ3) is 2.71. The van der Waals surface area contributed by atoms with Gasteiger partial charge >= 0.3 is 0 Å². The lowest BCUT2D eigenvalue weighted by Gasteiger charge is -2.38. The molecule has 27 heavy (non-hydrogen) atoms. The molecule has 134 valence electrons. The number of rotatable bonds is 2. The molecule has 0 radical (unpaired) electrons. The quantitative estimate of drug-likeness (QED) is 0.704. The Hall–Kier alpha value is -3.05. The second kappa shape index (κ2) is 6.28. The highest BCUT2D eigenvalue weighted by atomic mass is 35.5. The van der Waals surface area contributed by atoms with E-state index < -0.39 is 0 Å². The molecule has 6 heteroatoms. The number of ether oxygens (including phenoxy) is 1. The molecule has 2 atom stereocenters. The van der Waals surface area contributed by atoms with Gasteiger partial charge in [-0.2, -0.15) is 5.10 Å². The smallest absolute Gasteiger partial charge is 0.213 e. The Kier molecular flexibility index (Phi) is 3.76. The van der Waals surface area contributed by atoms with Gasteiger partial charge in [0.2, 0.25) is 6.23 Å². The zero-order valence-corrected chi connectivity index (χ0v) is 15.0. The zero-order chi connectivity index (χ0) is 18.4. The van der Waals surface area contributed by atoms with Gasteiger partial charge in [0.15, 0.2) is 0 Å². The topological polar surface area (TPSA) is 58.0 Å². The number of para-hydroxylation sites is 1. The van der Waals surface area contributed by atoms with E-state index in [0.29, 0.717) is 11.4 Å². The number of nitrogens with zero attached hydrogens (tertiary/aromatic N) is 3. The van der Waals surface area contributed by atoms with E-state index in [1.54, 1.807) is 24.5 Å². The average Bonchev–Trinajstić information content (AvgIpc) is 3.14. The van der Waals surface area contributed by atoms with Gasteiger partial charge in [-0.25, -0.2) is 5.01 Å². The lowest BCUT2D eigenvalue weighted by Crippen LogP contribution is -2.33. The lowest BCUT2D eigenvalue weighted by atomic mass is 9.95. The van der Waals surface area contributed by atoms with Crippen LogP contribution in [-0.4, -0.2) is 20.8 Å². The average molecular weight is 378 g/mol. The van der Waals surface area contributed by atoms with Crippen LogP contribution in [0.25, 0.3) is 0 Å². The number of aromatic nitrogens is 1. The third-order valence-corrected chi connectivity index (χ3v) is 5.19. The van der Waals surface area contributed by atoms with Crippen molar-refractivity contribution in [3.63, 3.8) is 0 Å². The van der Waals surface area contributed by atoms with Crippen LogP contribution in [0.5, 0.6) is 11.5 Å². The van der Waals surface area contributed by atoms with Crippen molar-refractivity contribution in [3.8, 4) is 11.5 Å². The molecule has 0 saturated carbocycles. The van der Waals surface area contributed by atoms with E-state index in [1.807, 2.05) is 47.5 Å². The van der Waals surface area contributed by atoms with E-state index in [4.69, 9.17) is 21.4 Å². The third-order valence-electron chi connectivity index (χ3n) is 4.96. The Bertz CT molecular complexity index is 1040. The van der Waals surface area contributed by atoms with E-state index in [0.717, 1.165) is 28.2 Å². The molecule has 0 amide bonds. The number of phenolic OH excluding ortho intramolecular Hbond substituents is 1. The number of pyridine rings is 1. The fraction of sp³-hybridized carbons (Fsp3) is 0.143. The minimum absolute atomic E-state index is 0.0137. The van der Waals surface area contributed by atoms with Crippen LogP contribution in [0.3, 0.4) is 0 Å². The van der Waals surface area contributed by atoms with Gasteiger partial charge in [0, 0.05) is 40.5 Å². The Balaban J connectivity index is 1.63. The van der Waals surface area contributed by atoms with Crippen LogP contribution in [0.15, 0.2) is 72.1 Å². The number of phenols is 1. The maximum atomic E-state index is 10.3. The summed E-state index contributed by atoms with van der Waals surface area (Å²) < 4.78 is 6.27. The van der Waals surface area contributed by atoms with Gasteiger partial charge in [-0.05, 0) is 42.5 Å². The van der Waals surface area contributed by atoms with Crippen LogP contribution in [0.2, 0.25) is 5.02 Å². The largest absolute Gasteiger partial charge is 0.507 e. The second-order valence-electron chi connectivity index (χ2n) is 6.60. The van der Waals surface area contributed by atoms with Crippen LogP contribution in [0.1, 0.15) is 35.4 Å². The summed E-state index contributed by atoms with van der Waals surface area (Å²) in [5.41, 5.74) is 3.54. The van der Waals surface area contributed by atoms with Crippen molar-refractivity contribution >= 4 is 17.3 Å². The highest BCUT2D eigenvalue weighted by Crippen LogP contribution is 2.48. The van der Waals surface area contributed by atoms with Crippen molar-refractivity contribution in [1.82, 2.24) is 9.99 Å². The molecule has 5 nitrogen and oxygen atoms in total. The summed E-state index contributed by atoms with van der Waals surface area (Å²) >= 11 is 6.24. The number of aromatic hydroxyl groups is 1. The van der Waals surface area contributed by atoms with E-state index >= 15 is 0 Å². The van der Waals surface area contributed by atoms with Gasteiger partial charge in [0.25, 0.3) is 0 Å². The lowest BCUT2D eigenvalue weighted by molar-refractivity contribution is -0.0190. The monoisotopic (exact) mass is 377 g/mol. The first-order chi connectivity index (χ1) is 13.2. The van der Waals surface area contributed by atoms with Gasteiger partial charge in [0.1, 0.15) is 11.5 Å². The van der Waals surface area contributed by atoms with E-state index in [2.05, 4.69) is 4.98 Å². The molecular weight excluding hydrogens is 362 g/mol. The van der Waals surface area contributed by atoms with Crippen LogP contribution in [-0.2, 0) is 0 Å². The fourth-order valence-electron chi connectivity index (χ4n) is 3.69. The summed E-state index contributed by atoms with van der Waals surface area (Å²) in [6.45, 7) is 0. The van der Waals surface area contributed by atoms with Gasteiger partial charge in [-0.3, -0.25) is 4.98 Å². The normalized spacial score (nSPS) is 20.5. The van der Waals surface area contributed by atoms with E-state index in [1.165, 1.54) is 0 Å². The SMILES string of the molecule is Oc1ccccc1C1=NN2[C@@H](c3ccncc3)Oc3ccc(Cl)cc3[C@@H]2C1. The minimum atomic E-state index is -0.366. The van der Waals surface area contributed by atoms with E-state index in [-0.39, 0.29) is 18.0 Å². The predicted molar refractivity (Wildman–Crippen MR) is 103 cm³/mol. The highest BCUT2D eigenvalue weighted by Gasteiger charge is 2.41. The Morgan fingerprint density at radius 2 is 1.89 bits per heavy atom. The first kappa shape index (κ1) is 16.1. The van der Waals surface area contributed by atoms with Crippen LogP contribution in [0.4, 0.5) is 0 Å². The number of halogens is 1. The summed E-state index contributed by atoms with van der Waals surface area (Å²) in [5, 5.41) is 17.7. The molecule has 3 aromatic rings. The standard InChI is InChI=1S/C21H16ClN3O2/c22-14-5-6-20-16(11-14)18-12-17(15-3-1-2-4-19(15)26)24-25(18)21(27-20)13-7-9-23-10-8-13/h1-11,18,21,26H,12H2/t18-,21+/m0/s1. The molecule has 0 saturated heterocycles. The summed E-state index contributed by atoms with van der Waals surface area (Å²) in [7, 11) is 0. The minimum Gasteiger partial charge on any atom is -0.507 e. The Morgan fingerprint density at radius 1 is 1.07 bits per heavy atom. The maximum Gasteiger partial charge on any atom is 0.213 e. The van der Waals surface area contributed by atoms with Crippen molar-refractivity contribution in [1.29, 1.82) is 0 Å². The van der Waals surface area contributed by atoms with Gasteiger partial charge in [-0.15, -0.1) is 0 Å². The number of hydrogen-bond donors (Lipinski definition) is 1. The van der Waals surface area contributed by atoms with Crippen molar-refractivity contribution in [3.05, 3.63) is 88.7 Å². The van der Waals surface area contributed by atoms with Gasteiger partial charge in [-0.1, -0.05) is 23.7 Å². The predicted octanol–water partition coefficient (Wildman–Crippen LogP) is 4.68. The second-order valence-corrected chi connectivity index (χ2v) is 7.03. The molecule has 2 aromatic carbocycles. The number of hydrazone groups is 1. The Labute approximate surface area is 161 Å². The van der Waals surface area contributed by atoms with Crippen LogP contribution < -0.4 is 4.74 Å². The Morgan fingerprint density at radius 3 is 2.70 bits per heavy atom. The molecule has 2 aliphatic heterocycles. The number of fused-ring (bicyclic) bond motifs is 3. The first-order valence-electron chi connectivity index (χ1n) is 8.71. The van der Waals surface area contributed by atoms with Crippen molar-refractivity contribution < 1.29 is 9.84 Å². The summed E-state index contributed by atoms with van der Waals surface area (Å²) in [6.07, 6.45) is 3.79. The summed E-state index contributed by atoms with van der Waals surface area (Å²) in [5.74, 6) is 1.03. The molecule has 0 spiro atoms. The van der Waals surface area contributed by atoms with Crippen molar-refractivity contribution in [2.24, 2.45) is 5.10 Å². The van der Waals surface area contributed by atoms with Crippen molar-refractivity contribution in [2.45, 2.75) is 18.7 Å². The molecule has 0 unspecified atom stereocenters. The molecule has 0 aliphatic carbocycles. The van der Waals surface area contributed by atoms with Crippen LogP contribution in [0, 0.1) is 0 Å². The molecule has 0 bridgehead atoms. The molecule has 1 N–H and O–H groups in total. The number of benzene rings is 2. The molecule has 0 fully saturated rings. The van der Waals surface area contributed by atoms with Crippen LogP contribution >= 0.6 is 11.6 Å². The molecular formula is C21H16ClN3O2. The molecule has 1 aromatic heterocycles. The zero-order valence-electron chi connectivity index (χ0n) is 14.3.